The number of ether oxygens (including phenoxy) is 1. The maximum Gasteiger partial charge on any atom is 0.341 e. The first-order valence-electron chi connectivity index (χ1n) is 9.48. The van der Waals surface area contributed by atoms with Crippen molar-refractivity contribution in [1.82, 2.24) is 15.0 Å². The molecule has 0 radical (unpaired) electrons. The number of nitrogens with one attached hydrogen (secondary N) is 1. The predicted molar refractivity (Wildman–Crippen MR) is 123 cm³/mol. The first-order chi connectivity index (χ1) is 15.0. The number of hydrogen-bond acceptors (Lipinski definition) is 7. The highest BCUT2D eigenvalue weighted by molar-refractivity contribution is 9.10. The summed E-state index contributed by atoms with van der Waals surface area (Å²) in [7, 11) is 0. The molecule has 2 aromatic carbocycles. The van der Waals surface area contributed by atoms with E-state index < -0.39 is 18.0 Å². The van der Waals surface area contributed by atoms with E-state index in [4.69, 9.17) is 4.74 Å². The van der Waals surface area contributed by atoms with Crippen molar-refractivity contribution >= 4 is 55.3 Å². The summed E-state index contributed by atoms with van der Waals surface area (Å²) in [5.74, 6) is -1.05. The average molecular weight is 497 g/mol. The van der Waals surface area contributed by atoms with Gasteiger partial charge >= 0.3 is 5.97 Å². The molecule has 0 spiro atoms. The number of fused-ring (bicyclic) bond motifs is 1. The van der Waals surface area contributed by atoms with E-state index in [9.17, 15) is 9.59 Å². The summed E-state index contributed by atoms with van der Waals surface area (Å²) in [6.07, 6.45) is 2.42. The molecule has 1 unspecified atom stereocenters. The Labute approximate surface area is 190 Å². The van der Waals surface area contributed by atoms with Gasteiger partial charge in [0.1, 0.15) is 5.52 Å². The summed E-state index contributed by atoms with van der Waals surface area (Å²) in [6, 6.07) is 12.8. The number of thiazole rings is 1. The lowest BCUT2D eigenvalue weighted by atomic mass is 10.1. The average Bonchev–Trinajstić information content (AvgIpc) is 3.25. The maximum atomic E-state index is 12.7. The van der Waals surface area contributed by atoms with E-state index in [1.54, 1.807) is 31.3 Å². The number of para-hydroxylation sites is 1. The second kappa shape index (κ2) is 9.32. The molecule has 4 aromatic rings. The fourth-order valence-corrected chi connectivity index (χ4v) is 3.93. The monoisotopic (exact) mass is 496 g/mol. The lowest BCUT2D eigenvalue weighted by Gasteiger charge is -2.15. The number of hydrogen-bond donors (Lipinski definition) is 1. The molecule has 4 rings (SSSR count). The van der Waals surface area contributed by atoms with Crippen LogP contribution in [-0.4, -0.2) is 32.9 Å². The molecule has 0 saturated heterocycles. The van der Waals surface area contributed by atoms with Crippen LogP contribution >= 0.6 is 27.3 Å². The number of aromatic nitrogens is 3. The minimum atomic E-state index is -0.959. The summed E-state index contributed by atoms with van der Waals surface area (Å²) in [5, 5.41) is 5.04. The smallest absolute Gasteiger partial charge is 0.341 e. The van der Waals surface area contributed by atoms with Crippen LogP contribution in [0.15, 0.2) is 64.7 Å². The molecular formula is C22H17BrN4O3S. The van der Waals surface area contributed by atoms with Crippen LogP contribution in [0.25, 0.3) is 22.3 Å². The Morgan fingerprint density at radius 3 is 2.68 bits per heavy atom. The zero-order valence-corrected chi connectivity index (χ0v) is 18.8. The molecule has 1 amide bonds. The Hall–Kier alpha value is -3.17. The Morgan fingerprint density at radius 2 is 1.90 bits per heavy atom. The minimum Gasteiger partial charge on any atom is -0.449 e. The third kappa shape index (κ3) is 4.78. The molecule has 2 aromatic heterocycles. The quantitative estimate of drug-likeness (QED) is 0.373. The second-order valence-corrected chi connectivity index (χ2v) is 8.34. The molecule has 7 nitrogen and oxygen atoms in total. The van der Waals surface area contributed by atoms with Gasteiger partial charge in [-0.15, -0.1) is 11.3 Å². The molecule has 0 fully saturated rings. The first kappa shape index (κ1) is 21.1. The Morgan fingerprint density at radius 1 is 1.13 bits per heavy atom. The van der Waals surface area contributed by atoms with Crippen molar-refractivity contribution in [3.05, 3.63) is 70.3 Å². The molecule has 2 heterocycles. The number of carbonyl (C=O) groups excluding carboxylic acids is 2. The highest BCUT2D eigenvalue weighted by Gasteiger charge is 2.24. The van der Waals surface area contributed by atoms with E-state index in [0.717, 1.165) is 15.7 Å². The number of benzene rings is 2. The van der Waals surface area contributed by atoms with E-state index >= 15 is 0 Å². The van der Waals surface area contributed by atoms with Crippen LogP contribution in [-0.2, 0) is 9.53 Å². The van der Waals surface area contributed by atoms with E-state index in [1.807, 2.05) is 29.6 Å². The summed E-state index contributed by atoms with van der Waals surface area (Å²) in [5.41, 5.74) is 2.98. The van der Waals surface area contributed by atoms with Gasteiger partial charge in [0.25, 0.3) is 5.91 Å². The second-order valence-electron chi connectivity index (χ2n) is 6.57. The van der Waals surface area contributed by atoms with E-state index in [2.05, 4.69) is 36.2 Å². The topological polar surface area (TPSA) is 94.1 Å². The van der Waals surface area contributed by atoms with Crippen LogP contribution in [0.2, 0.25) is 0 Å². The fraction of sp³-hybridized carbons (Fsp3) is 0.136. The largest absolute Gasteiger partial charge is 0.449 e. The number of amides is 1. The van der Waals surface area contributed by atoms with Gasteiger partial charge in [0, 0.05) is 27.8 Å². The van der Waals surface area contributed by atoms with Crippen LogP contribution in [0.1, 0.15) is 23.7 Å². The molecule has 0 aliphatic rings. The molecular weight excluding hydrogens is 480 g/mol. The van der Waals surface area contributed by atoms with Crippen LogP contribution < -0.4 is 5.32 Å². The number of anilines is 1. The van der Waals surface area contributed by atoms with Gasteiger partial charge in [-0.2, -0.15) is 0 Å². The van der Waals surface area contributed by atoms with Crippen molar-refractivity contribution < 1.29 is 14.3 Å². The lowest BCUT2D eigenvalue weighted by Crippen LogP contribution is -2.32. The highest BCUT2D eigenvalue weighted by atomic mass is 79.9. The predicted octanol–water partition coefficient (Wildman–Crippen LogP) is 5.09. The summed E-state index contributed by atoms with van der Waals surface area (Å²) >= 11 is 4.71. The summed E-state index contributed by atoms with van der Waals surface area (Å²) < 4.78 is 6.46. The van der Waals surface area contributed by atoms with E-state index in [0.29, 0.717) is 22.6 Å². The Kier molecular flexibility index (Phi) is 6.34. The van der Waals surface area contributed by atoms with E-state index in [-0.39, 0.29) is 5.56 Å². The third-order valence-electron chi connectivity index (χ3n) is 4.51. The normalized spacial score (nSPS) is 11.8. The number of halogens is 1. The van der Waals surface area contributed by atoms with Gasteiger partial charge in [-0.25, -0.2) is 9.78 Å². The number of esters is 1. The lowest BCUT2D eigenvalue weighted by molar-refractivity contribution is -0.124. The number of nitrogens with zero attached hydrogens (tertiary/aromatic N) is 3. The van der Waals surface area contributed by atoms with Gasteiger partial charge in [0.15, 0.2) is 11.2 Å². The van der Waals surface area contributed by atoms with Gasteiger partial charge in [0.05, 0.1) is 16.8 Å². The highest BCUT2D eigenvalue weighted by Crippen LogP contribution is 2.26. The molecule has 0 bridgehead atoms. The number of carbonyl (C=O) groups is 2. The molecule has 1 N–H and O–H groups in total. The molecule has 1 atom stereocenters. The van der Waals surface area contributed by atoms with Crippen molar-refractivity contribution in [1.29, 1.82) is 0 Å². The van der Waals surface area contributed by atoms with Crippen molar-refractivity contribution in [2.75, 3.05) is 5.32 Å². The zero-order valence-electron chi connectivity index (χ0n) is 16.4. The minimum absolute atomic E-state index is 0.267. The van der Waals surface area contributed by atoms with Gasteiger partial charge in [0.2, 0.25) is 0 Å². The fourth-order valence-electron chi connectivity index (χ4n) is 2.94. The van der Waals surface area contributed by atoms with Crippen LogP contribution in [0.3, 0.4) is 0 Å². The van der Waals surface area contributed by atoms with Crippen LogP contribution in [0, 0.1) is 0 Å². The molecule has 0 saturated carbocycles. The third-order valence-corrected chi connectivity index (χ3v) is 5.79. The zero-order chi connectivity index (χ0) is 21.8. The van der Waals surface area contributed by atoms with Crippen molar-refractivity contribution in [3.8, 4) is 11.3 Å². The van der Waals surface area contributed by atoms with Crippen molar-refractivity contribution in [2.45, 2.75) is 19.4 Å². The number of rotatable bonds is 6. The van der Waals surface area contributed by atoms with Gasteiger partial charge in [-0.1, -0.05) is 41.1 Å². The SMILES string of the molecule is CCC(OC(=O)c1cccc2nccnc12)C(=O)Nc1nc(-c2ccc(Br)cc2)cs1. The molecule has 9 heteroatoms. The Balaban J connectivity index is 1.46. The summed E-state index contributed by atoms with van der Waals surface area (Å²) in [6.45, 7) is 1.77. The van der Waals surface area contributed by atoms with Crippen LogP contribution in [0.5, 0.6) is 0 Å². The van der Waals surface area contributed by atoms with Gasteiger partial charge in [-0.05, 0) is 30.7 Å². The maximum absolute atomic E-state index is 12.7. The molecule has 0 aliphatic carbocycles. The van der Waals surface area contributed by atoms with Crippen molar-refractivity contribution in [3.63, 3.8) is 0 Å². The van der Waals surface area contributed by atoms with E-state index in [1.165, 1.54) is 17.5 Å². The molecule has 156 valence electrons. The standard InChI is InChI=1S/C22H17BrN4O3S/c1-2-18(30-21(29)15-4-3-5-16-19(15)25-11-10-24-16)20(28)27-22-26-17(12-31-22)13-6-8-14(23)9-7-13/h3-12,18H,2H2,1H3,(H,26,27,28). The van der Waals surface area contributed by atoms with Gasteiger partial charge < -0.3 is 4.74 Å². The molecule has 31 heavy (non-hydrogen) atoms. The van der Waals surface area contributed by atoms with Crippen LogP contribution in [0.4, 0.5) is 5.13 Å². The summed E-state index contributed by atoms with van der Waals surface area (Å²) in [4.78, 5) is 38.3. The first-order valence-corrected chi connectivity index (χ1v) is 11.2. The Bertz CT molecular complexity index is 1240. The molecule has 0 aliphatic heterocycles. The van der Waals surface area contributed by atoms with Gasteiger partial charge in [-0.3, -0.25) is 20.1 Å². The van der Waals surface area contributed by atoms with Crippen molar-refractivity contribution in [2.24, 2.45) is 0 Å².